The fourth-order valence-corrected chi connectivity index (χ4v) is 2.96. The van der Waals surface area contributed by atoms with Crippen LogP contribution in [0.4, 0.5) is 4.39 Å². The lowest BCUT2D eigenvalue weighted by atomic mass is 10.1. The highest BCUT2D eigenvalue weighted by Crippen LogP contribution is 2.24. The molecule has 112 valence electrons. The first kappa shape index (κ1) is 14.8. The largest absolute Gasteiger partial charge is 0.278 e. The van der Waals surface area contributed by atoms with Crippen LogP contribution >= 0.6 is 11.6 Å². The molecule has 22 heavy (non-hydrogen) atoms. The molecule has 0 spiro atoms. The maximum atomic E-state index is 14.5. The van der Waals surface area contributed by atoms with Crippen LogP contribution in [0.2, 0.25) is 5.02 Å². The van der Waals surface area contributed by atoms with E-state index in [4.69, 9.17) is 11.6 Å². The second-order valence-corrected chi connectivity index (χ2v) is 5.65. The summed E-state index contributed by atoms with van der Waals surface area (Å²) in [6.07, 6.45) is 0.616. The second-order valence-electron chi connectivity index (χ2n) is 5.24. The van der Waals surface area contributed by atoms with Crippen LogP contribution in [0.3, 0.4) is 0 Å². The number of fused-ring (bicyclic) bond motifs is 1. The van der Waals surface area contributed by atoms with Crippen LogP contribution in [0.5, 0.6) is 0 Å². The monoisotopic (exact) mass is 315 g/mol. The lowest BCUT2D eigenvalue weighted by molar-refractivity contribution is 0.605. The molecule has 2 nitrogen and oxygen atoms in total. The number of nitrogens with zero attached hydrogens (tertiary/aromatic N) is 1. The molecule has 0 amide bonds. The zero-order valence-corrected chi connectivity index (χ0v) is 13.1. The van der Waals surface area contributed by atoms with E-state index < -0.39 is 0 Å². The van der Waals surface area contributed by atoms with E-state index in [0.717, 1.165) is 11.1 Å². The lowest BCUT2D eigenvalue weighted by Gasteiger charge is -2.15. The van der Waals surface area contributed by atoms with Gasteiger partial charge in [0.1, 0.15) is 5.82 Å². The van der Waals surface area contributed by atoms with Gasteiger partial charge in [0, 0.05) is 5.69 Å². The van der Waals surface area contributed by atoms with Crippen molar-refractivity contribution in [3.05, 3.63) is 74.9 Å². The summed E-state index contributed by atoms with van der Waals surface area (Å²) in [7, 11) is 0. The lowest BCUT2D eigenvalue weighted by Crippen LogP contribution is -2.23. The van der Waals surface area contributed by atoms with E-state index in [0.29, 0.717) is 22.4 Å². The molecular formula is C18H15ClFNO. The molecule has 4 heteroatoms. The molecule has 0 aliphatic heterocycles. The smallest absolute Gasteiger partial charge is 0.264 e. The SMILES string of the molecule is CCc1cc2cccc(Cl)c2c(=O)n1-c1cccc(C)c1F. The van der Waals surface area contributed by atoms with Gasteiger partial charge in [-0.1, -0.05) is 42.8 Å². The van der Waals surface area contributed by atoms with Gasteiger partial charge in [-0.05, 0) is 42.5 Å². The number of aryl methyl sites for hydroxylation is 2. The molecule has 2 aromatic carbocycles. The topological polar surface area (TPSA) is 22.0 Å². The van der Waals surface area contributed by atoms with Crippen LogP contribution in [0.15, 0.2) is 47.3 Å². The third kappa shape index (κ3) is 2.22. The Kier molecular flexibility index (Phi) is 3.75. The van der Waals surface area contributed by atoms with Crippen molar-refractivity contribution in [2.24, 2.45) is 0 Å². The van der Waals surface area contributed by atoms with Gasteiger partial charge in [-0.15, -0.1) is 0 Å². The molecule has 0 aliphatic rings. The number of hydrogen-bond acceptors (Lipinski definition) is 1. The Morgan fingerprint density at radius 2 is 1.91 bits per heavy atom. The number of pyridine rings is 1. The van der Waals surface area contributed by atoms with E-state index >= 15 is 0 Å². The normalized spacial score (nSPS) is 11.1. The molecule has 1 heterocycles. The highest BCUT2D eigenvalue weighted by Gasteiger charge is 2.15. The Balaban J connectivity index is 2.48. The molecule has 0 saturated heterocycles. The zero-order valence-electron chi connectivity index (χ0n) is 12.4. The first-order valence-corrected chi connectivity index (χ1v) is 7.51. The fraction of sp³-hybridized carbons (Fsp3) is 0.167. The van der Waals surface area contributed by atoms with E-state index in [-0.39, 0.29) is 17.1 Å². The fourth-order valence-electron chi connectivity index (χ4n) is 2.70. The molecule has 0 unspecified atom stereocenters. The van der Waals surface area contributed by atoms with Crippen molar-refractivity contribution in [2.75, 3.05) is 0 Å². The van der Waals surface area contributed by atoms with Gasteiger partial charge in [0.15, 0.2) is 0 Å². The standard InChI is InChI=1S/C18H15ClFNO/c1-3-13-10-12-7-5-8-14(19)16(12)18(22)21(13)15-9-4-6-11(2)17(15)20/h4-10H,3H2,1-2H3. The molecule has 3 aromatic rings. The van der Waals surface area contributed by atoms with E-state index in [2.05, 4.69) is 0 Å². The van der Waals surface area contributed by atoms with Crippen molar-refractivity contribution >= 4 is 22.4 Å². The number of hydrogen-bond donors (Lipinski definition) is 0. The van der Waals surface area contributed by atoms with Crippen molar-refractivity contribution in [3.8, 4) is 5.69 Å². The molecule has 0 radical (unpaired) electrons. The molecule has 1 aromatic heterocycles. The average molecular weight is 316 g/mol. The van der Waals surface area contributed by atoms with Crippen molar-refractivity contribution in [2.45, 2.75) is 20.3 Å². The predicted octanol–water partition coefficient (Wildman–Crippen LogP) is 4.65. The van der Waals surface area contributed by atoms with Crippen LogP contribution in [-0.2, 0) is 6.42 Å². The molecule has 0 atom stereocenters. The minimum absolute atomic E-state index is 0.267. The summed E-state index contributed by atoms with van der Waals surface area (Å²) in [6.45, 7) is 3.62. The third-order valence-electron chi connectivity index (χ3n) is 3.85. The van der Waals surface area contributed by atoms with Crippen LogP contribution in [0, 0.1) is 12.7 Å². The highest BCUT2D eigenvalue weighted by molar-refractivity contribution is 6.35. The first-order valence-electron chi connectivity index (χ1n) is 7.13. The van der Waals surface area contributed by atoms with Crippen LogP contribution in [0.25, 0.3) is 16.5 Å². The molecule has 0 fully saturated rings. The van der Waals surface area contributed by atoms with Gasteiger partial charge in [-0.3, -0.25) is 9.36 Å². The number of aromatic nitrogens is 1. The summed E-state index contributed by atoms with van der Waals surface area (Å²) in [5.74, 6) is -0.384. The minimum atomic E-state index is -0.384. The Hall–Kier alpha value is -2.13. The van der Waals surface area contributed by atoms with E-state index in [1.54, 1.807) is 37.3 Å². The van der Waals surface area contributed by atoms with Crippen LogP contribution < -0.4 is 5.56 Å². The molecule has 0 N–H and O–H groups in total. The van der Waals surface area contributed by atoms with Crippen molar-refractivity contribution in [3.63, 3.8) is 0 Å². The van der Waals surface area contributed by atoms with Gasteiger partial charge in [-0.2, -0.15) is 0 Å². The van der Waals surface area contributed by atoms with Gasteiger partial charge in [0.25, 0.3) is 5.56 Å². The molecular weight excluding hydrogens is 301 g/mol. The molecule has 0 bridgehead atoms. The number of rotatable bonds is 2. The quantitative estimate of drug-likeness (QED) is 0.674. The molecule has 3 rings (SSSR count). The summed E-state index contributed by atoms with van der Waals surface area (Å²) >= 11 is 6.18. The Morgan fingerprint density at radius 1 is 1.18 bits per heavy atom. The van der Waals surface area contributed by atoms with Gasteiger partial charge in [0.05, 0.1) is 16.1 Å². The summed E-state index contributed by atoms with van der Waals surface area (Å²) in [5.41, 5.74) is 1.24. The minimum Gasteiger partial charge on any atom is -0.278 e. The average Bonchev–Trinajstić information content (AvgIpc) is 2.50. The van der Waals surface area contributed by atoms with Gasteiger partial charge >= 0.3 is 0 Å². The predicted molar refractivity (Wildman–Crippen MR) is 88.6 cm³/mol. The number of benzene rings is 2. The highest BCUT2D eigenvalue weighted by atomic mass is 35.5. The van der Waals surface area contributed by atoms with E-state index in [1.165, 1.54) is 4.57 Å². The second kappa shape index (κ2) is 5.58. The maximum Gasteiger partial charge on any atom is 0.264 e. The Bertz CT molecular complexity index is 930. The Labute approximate surface area is 132 Å². The molecule has 0 saturated carbocycles. The van der Waals surface area contributed by atoms with Crippen LogP contribution in [0.1, 0.15) is 18.2 Å². The summed E-state index contributed by atoms with van der Waals surface area (Å²) in [6, 6.07) is 12.3. The maximum absolute atomic E-state index is 14.5. The first-order chi connectivity index (χ1) is 10.5. The molecule has 0 aliphatic carbocycles. The van der Waals surface area contributed by atoms with Gasteiger partial charge in [-0.25, -0.2) is 4.39 Å². The summed E-state index contributed by atoms with van der Waals surface area (Å²) in [4.78, 5) is 12.9. The third-order valence-corrected chi connectivity index (χ3v) is 4.16. The van der Waals surface area contributed by atoms with Gasteiger partial charge < -0.3 is 0 Å². The summed E-state index contributed by atoms with van der Waals surface area (Å²) in [5, 5.41) is 1.58. The summed E-state index contributed by atoms with van der Waals surface area (Å²) < 4.78 is 15.9. The van der Waals surface area contributed by atoms with Crippen molar-refractivity contribution in [1.29, 1.82) is 0 Å². The van der Waals surface area contributed by atoms with Gasteiger partial charge in [0.2, 0.25) is 0 Å². The van der Waals surface area contributed by atoms with E-state index in [1.807, 2.05) is 19.1 Å². The Morgan fingerprint density at radius 3 is 2.64 bits per heavy atom. The van der Waals surface area contributed by atoms with Crippen molar-refractivity contribution in [1.82, 2.24) is 4.57 Å². The van der Waals surface area contributed by atoms with E-state index in [9.17, 15) is 9.18 Å². The van der Waals surface area contributed by atoms with Crippen molar-refractivity contribution < 1.29 is 4.39 Å². The zero-order chi connectivity index (χ0) is 15.9. The van der Waals surface area contributed by atoms with Crippen LogP contribution in [-0.4, -0.2) is 4.57 Å². The number of halogens is 2.